The monoisotopic (exact) mass is 240 g/mol. The van der Waals surface area contributed by atoms with Crippen LogP contribution in [0.3, 0.4) is 0 Å². The molecule has 0 spiro atoms. The molecule has 1 saturated heterocycles. The predicted molar refractivity (Wildman–Crippen MR) is 63.9 cm³/mol. The Morgan fingerprint density at radius 1 is 1.35 bits per heavy atom. The molecule has 96 valence electrons. The minimum atomic E-state index is -0.311. The lowest BCUT2D eigenvalue weighted by Gasteiger charge is -2.29. The van der Waals surface area contributed by atoms with Crippen LogP contribution in [0.2, 0.25) is 0 Å². The molecule has 1 atom stereocenters. The molecule has 0 aromatic carbocycles. The number of hydrogen-bond acceptors (Lipinski definition) is 3. The lowest BCUT2D eigenvalue weighted by molar-refractivity contribution is 0.184. The van der Waals surface area contributed by atoms with Gasteiger partial charge < -0.3 is 21.2 Å². The average Bonchev–Trinajstić information content (AvgIpc) is 3.20. The third-order valence-electron chi connectivity index (χ3n) is 3.45. The summed E-state index contributed by atoms with van der Waals surface area (Å²) in [7, 11) is 0. The Morgan fingerprint density at radius 3 is 2.53 bits per heavy atom. The van der Waals surface area contributed by atoms with E-state index in [-0.39, 0.29) is 17.9 Å². The Balaban J connectivity index is 1.90. The highest BCUT2D eigenvalue weighted by atomic mass is 16.4. The highest BCUT2D eigenvalue weighted by molar-refractivity contribution is 5.90. The van der Waals surface area contributed by atoms with Crippen molar-refractivity contribution in [3.63, 3.8) is 0 Å². The van der Waals surface area contributed by atoms with Crippen LogP contribution in [-0.2, 0) is 0 Å². The number of urea groups is 1. The van der Waals surface area contributed by atoms with Gasteiger partial charge in [-0.2, -0.15) is 0 Å². The van der Waals surface area contributed by atoms with Crippen molar-refractivity contribution in [2.75, 3.05) is 13.1 Å². The predicted octanol–water partition coefficient (Wildman–Crippen LogP) is 0.707. The molecule has 1 heterocycles. The number of nitrogens with two attached hydrogens (primary N) is 1. The van der Waals surface area contributed by atoms with Gasteiger partial charge in [0.05, 0.1) is 6.04 Å². The number of nitrogens with one attached hydrogen (secondary N) is 1. The van der Waals surface area contributed by atoms with E-state index >= 15 is 0 Å². The van der Waals surface area contributed by atoms with E-state index in [4.69, 9.17) is 10.9 Å². The van der Waals surface area contributed by atoms with Crippen LogP contribution >= 0.6 is 0 Å². The number of piperidine rings is 1. The third-order valence-corrected chi connectivity index (χ3v) is 3.45. The molecular formula is C11H20N4O2. The number of carbonyl (C=O) groups excluding carboxylic acids is 1. The van der Waals surface area contributed by atoms with Crippen LogP contribution in [0.15, 0.2) is 5.16 Å². The molecule has 4 N–H and O–H groups in total. The van der Waals surface area contributed by atoms with Gasteiger partial charge in [0.1, 0.15) is 0 Å². The van der Waals surface area contributed by atoms with Crippen LogP contribution in [0.25, 0.3) is 0 Å². The molecule has 0 radical (unpaired) electrons. The quantitative estimate of drug-likeness (QED) is 0.293. The SMILES string of the molecule is NC(=NO)C(NC(=O)N1CCCCC1)C1CC1. The Hall–Kier alpha value is -1.46. The van der Waals surface area contributed by atoms with E-state index in [9.17, 15) is 4.79 Å². The molecule has 1 aliphatic carbocycles. The number of hydrogen-bond donors (Lipinski definition) is 3. The molecule has 0 aromatic rings. The first-order valence-electron chi connectivity index (χ1n) is 6.25. The summed E-state index contributed by atoms with van der Waals surface area (Å²) >= 11 is 0. The fraction of sp³-hybridized carbons (Fsp3) is 0.818. The molecule has 0 bridgehead atoms. The highest BCUT2D eigenvalue weighted by Gasteiger charge is 2.36. The summed E-state index contributed by atoms with van der Waals surface area (Å²) < 4.78 is 0. The van der Waals surface area contributed by atoms with Gasteiger partial charge >= 0.3 is 6.03 Å². The van der Waals surface area contributed by atoms with Crippen LogP contribution < -0.4 is 11.1 Å². The zero-order valence-electron chi connectivity index (χ0n) is 9.93. The number of amides is 2. The second-order valence-corrected chi connectivity index (χ2v) is 4.84. The summed E-state index contributed by atoms with van der Waals surface area (Å²) in [5.74, 6) is 0.442. The molecule has 6 nitrogen and oxygen atoms in total. The minimum absolute atomic E-state index is 0.0896. The summed E-state index contributed by atoms with van der Waals surface area (Å²) in [5.41, 5.74) is 5.60. The van der Waals surface area contributed by atoms with Gasteiger partial charge in [-0.05, 0) is 38.0 Å². The largest absolute Gasteiger partial charge is 0.409 e. The molecule has 6 heteroatoms. The van der Waals surface area contributed by atoms with Gasteiger partial charge in [0.2, 0.25) is 0 Å². The molecule has 0 aromatic heterocycles. The molecule has 2 fully saturated rings. The van der Waals surface area contributed by atoms with Gasteiger partial charge in [0, 0.05) is 13.1 Å². The number of carbonyl (C=O) groups is 1. The van der Waals surface area contributed by atoms with Crippen LogP contribution in [0, 0.1) is 5.92 Å². The van der Waals surface area contributed by atoms with Gasteiger partial charge in [-0.15, -0.1) is 0 Å². The second kappa shape index (κ2) is 5.25. The molecule has 2 amide bonds. The van der Waals surface area contributed by atoms with Gasteiger partial charge in [0.25, 0.3) is 0 Å². The van der Waals surface area contributed by atoms with Crippen molar-refractivity contribution in [2.45, 2.75) is 38.1 Å². The molecule has 1 aliphatic heterocycles. The minimum Gasteiger partial charge on any atom is -0.409 e. The van der Waals surface area contributed by atoms with Crippen LogP contribution in [0.4, 0.5) is 4.79 Å². The lowest BCUT2D eigenvalue weighted by atomic mass is 10.1. The topological polar surface area (TPSA) is 91.0 Å². The molecular weight excluding hydrogens is 220 g/mol. The summed E-state index contributed by atoms with van der Waals surface area (Å²) in [4.78, 5) is 13.8. The molecule has 2 aliphatic rings. The number of oxime groups is 1. The fourth-order valence-corrected chi connectivity index (χ4v) is 2.25. The average molecular weight is 240 g/mol. The Kier molecular flexibility index (Phi) is 3.71. The van der Waals surface area contributed by atoms with Crippen molar-refractivity contribution in [3.8, 4) is 0 Å². The zero-order valence-corrected chi connectivity index (χ0v) is 9.93. The Morgan fingerprint density at radius 2 is 2.00 bits per heavy atom. The van der Waals surface area contributed by atoms with Gasteiger partial charge in [-0.25, -0.2) is 4.79 Å². The molecule has 1 saturated carbocycles. The third kappa shape index (κ3) is 3.01. The molecule has 2 rings (SSSR count). The Bertz CT molecular complexity index is 309. The van der Waals surface area contributed by atoms with Crippen LogP contribution in [-0.4, -0.2) is 41.1 Å². The first kappa shape index (κ1) is 12.0. The van der Waals surface area contributed by atoms with E-state index < -0.39 is 0 Å². The summed E-state index contributed by atoms with van der Waals surface area (Å²) in [5, 5.41) is 14.6. The second-order valence-electron chi connectivity index (χ2n) is 4.84. The first-order chi connectivity index (χ1) is 8.22. The maximum Gasteiger partial charge on any atom is 0.317 e. The number of amidine groups is 1. The van der Waals surface area contributed by atoms with Crippen molar-refractivity contribution in [1.82, 2.24) is 10.2 Å². The van der Waals surface area contributed by atoms with E-state index in [0.29, 0.717) is 5.92 Å². The van der Waals surface area contributed by atoms with Gasteiger partial charge in [-0.3, -0.25) is 0 Å². The lowest BCUT2D eigenvalue weighted by Crippen LogP contribution is -2.52. The van der Waals surface area contributed by atoms with Gasteiger partial charge in [-0.1, -0.05) is 5.16 Å². The van der Waals surface area contributed by atoms with Crippen molar-refractivity contribution in [1.29, 1.82) is 0 Å². The number of likely N-dealkylation sites (tertiary alicyclic amines) is 1. The zero-order chi connectivity index (χ0) is 12.3. The Labute approximate surface area is 101 Å². The van der Waals surface area contributed by atoms with E-state index in [1.165, 1.54) is 6.42 Å². The van der Waals surface area contributed by atoms with Crippen molar-refractivity contribution in [3.05, 3.63) is 0 Å². The number of nitrogens with zero attached hydrogens (tertiary/aromatic N) is 2. The van der Waals surface area contributed by atoms with E-state index in [1.54, 1.807) is 0 Å². The van der Waals surface area contributed by atoms with E-state index in [1.807, 2.05) is 4.90 Å². The summed E-state index contributed by atoms with van der Waals surface area (Å²) in [6, 6.07) is -0.400. The number of rotatable bonds is 3. The fourth-order valence-electron chi connectivity index (χ4n) is 2.25. The maximum absolute atomic E-state index is 12.0. The van der Waals surface area contributed by atoms with Crippen LogP contribution in [0.1, 0.15) is 32.1 Å². The standard InChI is InChI=1S/C11H20N4O2/c12-10(14-17)9(8-4-5-8)13-11(16)15-6-2-1-3-7-15/h8-9,17H,1-7H2,(H2,12,14)(H,13,16). The maximum atomic E-state index is 12.0. The van der Waals surface area contributed by atoms with Crippen LogP contribution in [0.5, 0.6) is 0 Å². The molecule has 1 unspecified atom stereocenters. The van der Waals surface area contributed by atoms with Crippen molar-refractivity contribution in [2.24, 2.45) is 16.8 Å². The molecule has 17 heavy (non-hydrogen) atoms. The van der Waals surface area contributed by atoms with Crippen molar-refractivity contribution >= 4 is 11.9 Å². The van der Waals surface area contributed by atoms with Gasteiger partial charge in [0.15, 0.2) is 5.84 Å². The normalized spacial score (nSPS) is 23.3. The van der Waals surface area contributed by atoms with Crippen molar-refractivity contribution < 1.29 is 10.0 Å². The smallest absolute Gasteiger partial charge is 0.317 e. The summed E-state index contributed by atoms with van der Waals surface area (Å²) in [6.45, 7) is 1.61. The van der Waals surface area contributed by atoms with E-state index in [2.05, 4.69) is 10.5 Å². The van der Waals surface area contributed by atoms with E-state index in [0.717, 1.165) is 38.8 Å². The first-order valence-corrected chi connectivity index (χ1v) is 6.25. The highest BCUT2D eigenvalue weighted by Crippen LogP contribution is 2.32. The summed E-state index contributed by atoms with van der Waals surface area (Å²) in [6.07, 6.45) is 5.37.